The van der Waals surface area contributed by atoms with Gasteiger partial charge in [-0.1, -0.05) is 41.9 Å². The fourth-order valence-corrected chi connectivity index (χ4v) is 4.39. The van der Waals surface area contributed by atoms with E-state index in [9.17, 15) is 23.2 Å². The summed E-state index contributed by atoms with van der Waals surface area (Å²) in [7, 11) is 0. The first-order valence-electron chi connectivity index (χ1n) is 12.3. The number of carbonyl (C=O) groups excluding carboxylic acids is 1. The second kappa shape index (κ2) is 10.9. The van der Waals surface area contributed by atoms with E-state index >= 15 is 0 Å². The third-order valence-electron chi connectivity index (χ3n) is 6.44. The fourth-order valence-electron chi connectivity index (χ4n) is 4.27. The number of rotatable bonds is 8. The maximum absolute atomic E-state index is 13.5. The number of alkyl halides is 3. The molecule has 1 aliphatic carbocycles. The van der Waals surface area contributed by atoms with E-state index in [1.165, 1.54) is 37.1 Å². The number of nitrogens with zero attached hydrogens (tertiary/aromatic N) is 3. The molecule has 1 amide bonds. The highest BCUT2D eigenvalue weighted by atomic mass is 35.5. The molecule has 10 heteroatoms. The highest BCUT2D eigenvalue weighted by Crippen LogP contribution is 2.32. The number of anilines is 1. The Morgan fingerprint density at radius 3 is 2.49 bits per heavy atom. The second-order valence-corrected chi connectivity index (χ2v) is 9.84. The van der Waals surface area contributed by atoms with Gasteiger partial charge in [0, 0.05) is 16.8 Å². The van der Waals surface area contributed by atoms with Gasteiger partial charge in [0.1, 0.15) is 5.69 Å². The van der Waals surface area contributed by atoms with Crippen LogP contribution in [0.1, 0.15) is 51.8 Å². The monoisotopic (exact) mass is 549 g/mol. The van der Waals surface area contributed by atoms with Crippen molar-refractivity contribution >= 4 is 23.2 Å². The van der Waals surface area contributed by atoms with E-state index in [-0.39, 0.29) is 23.0 Å². The summed E-state index contributed by atoms with van der Waals surface area (Å²) in [6.45, 7) is 0.838. The molecule has 5 rings (SSSR count). The van der Waals surface area contributed by atoms with Crippen molar-refractivity contribution in [3.8, 4) is 11.8 Å². The van der Waals surface area contributed by atoms with Crippen LogP contribution >= 0.6 is 11.6 Å². The molecule has 1 atom stereocenters. The van der Waals surface area contributed by atoms with Gasteiger partial charge in [0.05, 0.1) is 23.4 Å². The molecule has 198 valence electrons. The lowest BCUT2D eigenvalue weighted by Crippen LogP contribution is -2.25. The zero-order valence-electron chi connectivity index (χ0n) is 20.5. The third-order valence-corrected chi connectivity index (χ3v) is 6.69. The number of hydrogen-bond donors (Lipinski definition) is 2. The van der Waals surface area contributed by atoms with Crippen LogP contribution in [0.5, 0.6) is 0 Å². The van der Waals surface area contributed by atoms with E-state index in [2.05, 4.69) is 15.7 Å². The van der Waals surface area contributed by atoms with Crippen LogP contribution in [-0.4, -0.2) is 22.2 Å². The van der Waals surface area contributed by atoms with E-state index in [4.69, 9.17) is 11.6 Å². The van der Waals surface area contributed by atoms with Crippen molar-refractivity contribution in [1.29, 1.82) is 5.26 Å². The molecule has 2 N–H and O–H groups in total. The third kappa shape index (κ3) is 6.30. The van der Waals surface area contributed by atoms with Gasteiger partial charge in [-0.3, -0.25) is 4.79 Å². The van der Waals surface area contributed by atoms with Crippen LogP contribution in [0, 0.1) is 17.2 Å². The lowest BCUT2D eigenvalue weighted by Gasteiger charge is -2.21. The lowest BCUT2D eigenvalue weighted by atomic mass is 9.98. The number of benzene rings is 3. The molecule has 1 unspecified atom stereocenters. The van der Waals surface area contributed by atoms with Crippen molar-refractivity contribution in [2.24, 2.45) is 5.92 Å². The van der Waals surface area contributed by atoms with Gasteiger partial charge in [0.25, 0.3) is 5.91 Å². The molecule has 39 heavy (non-hydrogen) atoms. The Labute approximate surface area is 228 Å². The Bertz CT molecular complexity index is 1540. The van der Waals surface area contributed by atoms with Crippen molar-refractivity contribution < 1.29 is 18.0 Å². The number of amides is 1. The van der Waals surface area contributed by atoms with Crippen LogP contribution in [0.2, 0.25) is 5.02 Å². The zero-order valence-corrected chi connectivity index (χ0v) is 21.3. The first kappa shape index (κ1) is 26.5. The van der Waals surface area contributed by atoms with Crippen LogP contribution < -0.4 is 10.6 Å². The second-order valence-electron chi connectivity index (χ2n) is 9.40. The number of hydrogen-bond acceptors (Lipinski definition) is 4. The van der Waals surface area contributed by atoms with E-state index in [0.29, 0.717) is 22.7 Å². The summed E-state index contributed by atoms with van der Waals surface area (Å²) in [6.07, 6.45) is -2.39. The van der Waals surface area contributed by atoms with Crippen LogP contribution in [0.15, 0.2) is 78.9 Å². The highest BCUT2D eigenvalue weighted by Gasteiger charge is 2.36. The summed E-state index contributed by atoms with van der Waals surface area (Å²) in [5, 5.41) is 19.8. The van der Waals surface area contributed by atoms with E-state index in [1.54, 1.807) is 18.2 Å². The van der Waals surface area contributed by atoms with Crippen molar-refractivity contribution in [3.05, 3.63) is 112 Å². The van der Waals surface area contributed by atoms with Crippen LogP contribution in [0.25, 0.3) is 5.69 Å². The van der Waals surface area contributed by atoms with E-state index in [1.807, 2.05) is 36.4 Å². The Hall–Kier alpha value is -4.13. The van der Waals surface area contributed by atoms with Gasteiger partial charge in [0.2, 0.25) is 0 Å². The molecule has 0 spiro atoms. The maximum atomic E-state index is 13.5. The van der Waals surface area contributed by atoms with Gasteiger partial charge >= 0.3 is 6.18 Å². The van der Waals surface area contributed by atoms with E-state index in [0.717, 1.165) is 22.4 Å². The quantitative estimate of drug-likeness (QED) is 0.254. The largest absolute Gasteiger partial charge is 0.435 e. The Morgan fingerprint density at radius 2 is 1.79 bits per heavy atom. The molecule has 0 radical (unpaired) electrons. The van der Waals surface area contributed by atoms with Crippen molar-refractivity contribution in [2.45, 2.75) is 25.1 Å². The molecule has 0 bridgehead atoms. The standard InChI is InChI=1S/C29H23ClF3N5O/c30-22-11-9-20(10-12-22)27(35-17-18-7-8-18)21-4-2-5-23(14-21)36-28(39)25-15-26(29(31,32)33)37-38(25)24-6-1-3-19(13-24)16-34/h1-6,9-15,18,27,35H,7-8,17H2,(H,36,39). The summed E-state index contributed by atoms with van der Waals surface area (Å²) in [6, 6.07) is 23.0. The predicted molar refractivity (Wildman–Crippen MR) is 142 cm³/mol. The number of nitriles is 1. The summed E-state index contributed by atoms with van der Waals surface area (Å²) in [5.41, 5.74) is 1.14. The number of aromatic nitrogens is 2. The molecule has 1 heterocycles. The van der Waals surface area contributed by atoms with Gasteiger partial charge in [-0.05, 0) is 78.9 Å². The summed E-state index contributed by atoms with van der Waals surface area (Å²) >= 11 is 6.08. The molecular formula is C29H23ClF3N5O. The molecule has 3 aromatic carbocycles. The summed E-state index contributed by atoms with van der Waals surface area (Å²) in [4.78, 5) is 13.3. The Kier molecular flexibility index (Phi) is 7.42. The number of halogens is 4. The first-order chi connectivity index (χ1) is 18.7. The topological polar surface area (TPSA) is 82.7 Å². The van der Waals surface area contributed by atoms with Crippen LogP contribution in [-0.2, 0) is 6.18 Å². The highest BCUT2D eigenvalue weighted by molar-refractivity contribution is 6.30. The van der Waals surface area contributed by atoms with Gasteiger partial charge < -0.3 is 10.6 Å². The van der Waals surface area contributed by atoms with Gasteiger partial charge in [0.15, 0.2) is 5.69 Å². The average molecular weight is 550 g/mol. The minimum atomic E-state index is -4.76. The molecule has 1 fully saturated rings. The molecule has 1 saturated carbocycles. The average Bonchev–Trinajstić information content (AvgIpc) is 3.63. The van der Waals surface area contributed by atoms with Crippen molar-refractivity contribution in [3.63, 3.8) is 0 Å². The molecule has 6 nitrogen and oxygen atoms in total. The predicted octanol–water partition coefficient (Wildman–Crippen LogP) is 6.76. The number of nitrogens with one attached hydrogen (secondary N) is 2. The SMILES string of the molecule is N#Cc1cccc(-n2nc(C(F)(F)F)cc2C(=O)Nc2cccc(C(NCC3CC3)c3ccc(Cl)cc3)c2)c1. The Balaban J connectivity index is 1.45. The molecule has 1 aromatic heterocycles. The summed E-state index contributed by atoms with van der Waals surface area (Å²) < 4.78 is 41.5. The van der Waals surface area contributed by atoms with Crippen molar-refractivity contribution in [1.82, 2.24) is 15.1 Å². The van der Waals surface area contributed by atoms with Gasteiger partial charge in [-0.25, -0.2) is 4.68 Å². The number of carbonyl (C=O) groups is 1. The minimum absolute atomic E-state index is 0.163. The smallest absolute Gasteiger partial charge is 0.321 e. The minimum Gasteiger partial charge on any atom is -0.321 e. The Morgan fingerprint density at radius 1 is 1.05 bits per heavy atom. The zero-order chi connectivity index (χ0) is 27.6. The van der Waals surface area contributed by atoms with E-state index < -0.39 is 17.8 Å². The van der Waals surface area contributed by atoms with Gasteiger partial charge in [-0.15, -0.1) is 0 Å². The first-order valence-corrected chi connectivity index (χ1v) is 12.7. The molecule has 0 aliphatic heterocycles. The fraction of sp³-hybridized carbons (Fsp3) is 0.207. The molecule has 4 aromatic rings. The van der Waals surface area contributed by atoms with Gasteiger partial charge in [-0.2, -0.15) is 23.5 Å². The van der Waals surface area contributed by atoms with Crippen molar-refractivity contribution in [2.75, 3.05) is 11.9 Å². The normalized spacial score (nSPS) is 14.0. The van der Waals surface area contributed by atoms with Crippen LogP contribution in [0.4, 0.5) is 18.9 Å². The molecule has 0 saturated heterocycles. The maximum Gasteiger partial charge on any atom is 0.435 e. The van der Waals surface area contributed by atoms with Crippen LogP contribution in [0.3, 0.4) is 0 Å². The molecule has 1 aliphatic rings. The molecular weight excluding hydrogens is 527 g/mol. The lowest BCUT2D eigenvalue weighted by molar-refractivity contribution is -0.141. The summed E-state index contributed by atoms with van der Waals surface area (Å²) in [5.74, 6) is -0.142.